The molecular weight excluding hydrogens is 258 g/mol. The first-order valence-electron chi connectivity index (χ1n) is 8.46. The molecule has 1 atom stereocenters. The molecule has 0 aliphatic rings. The van der Waals surface area contributed by atoms with Crippen molar-refractivity contribution in [1.29, 1.82) is 0 Å². The van der Waals surface area contributed by atoms with Crippen molar-refractivity contribution in [2.45, 2.75) is 65.8 Å². The lowest BCUT2D eigenvalue weighted by Crippen LogP contribution is -2.14. The lowest BCUT2D eigenvalue weighted by molar-refractivity contribution is 0.506. The summed E-state index contributed by atoms with van der Waals surface area (Å²) < 4.78 is 6.10. The molecule has 1 heterocycles. The maximum Gasteiger partial charge on any atom is 0.134 e. The van der Waals surface area contributed by atoms with Crippen molar-refractivity contribution in [1.82, 2.24) is 5.32 Å². The first-order chi connectivity index (χ1) is 10.2. The number of fused-ring (bicyclic) bond motifs is 1. The molecule has 0 bridgehead atoms. The van der Waals surface area contributed by atoms with Gasteiger partial charge < -0.3 is 9.73 Å². The van der Waals surface area contributed by atoms with Gasteiger partial charge in [0.15, 0.2) is 0 Å². The summed E-state index contributed by atoms with van der Waals surface area (Å²) in [6.07, 6.45) is 4.59. The Labute approximate surface area is 128 Å². The minimum atomic E-state index is 0.612. The van der Waals surface area contributed by atoms with Crippen molar-refractivity contribution in [3.8, 4) is 0 Å². The van der Waals surface area contributed by atoms with Gasteiger partial charge in [0.05, 0.1) is 6.54 Å². The molecule has 0 spiro atoms. The summed E-state index contributed by atoms with van der Waals surface area (Å²) in [4.78, 5) is 0. The molecule has 0 saturated carbocycles. The molecule has 1 aromatic carbocycles. The fourth-order valence-electron chi connectivity index (χ4n) is 2.80. The highest BCUT2D eigenvalue weighted by molar-refractivity contribution is 5.83. The Morgan fingerprint density at radius 2 is 1.95 bits per heavy atom. The smallest absolute Gasteiger partial charge is 0.134 e. The zero-order chi connectivity index (χ0) is 15.2. The monoisotopic (exact) mass is 287 g/mol. The van der Waals surface area contributed by atoms with Crippen LogP contribution in [0.5, 0.6) is 0 Å². The summed E-state index contributed by atoms with van der Waals surface area (Å²) in [5, 5.41) is 4.79. The number of furan rings is 1. The van der Waals surface area contributed by atoms with Crippen LogP contribution in [0.2, 0.25) is 0 Å². The van der Waals surface area contributed by atoms with E-state index in [1.807, 2.05) is 0 Å². The molecule has 0 aliphatic heterocycles. The third-order valence-electron chi connectivity index (χ3n) is 4.29. The van der Waals surface area contributed by atoms with Gasteiger partial charge in [-0.1, -0.05) is 40.2 Å². The minimum Gasteiger partial charge on any atom is -0.459 e. The van der Waals surface area contributed by atoms with E-state index in [1.165, 1.54) is 22.9 Å². The number of aryl methyl sites for hydroxylation is 1. The van der Waals surface area contributed by atoms with Gasteiger partial charge in [-0.15, -0.1) is 0 Å². The maximum atomic E-state index is 6.10. The molecule has 21 heavy (non-hydrogen) atoms. The lowest BCUT2D eigenvalue weighted by atomic mass is 9.95. The Bertz CT molecular complexity index is 570. The van der Waals surface area contributed by atoms with Crippen LogP contribution in [-0.4, -0.2) is 6.54 Å². The van der Waals surface area contributed by atoms with Gasteiger partial charge in [-0.05, 0) is 49.4 Å². The predicted molar refractivity (Wildman–Crippen MR) is 90.9 cm³/mol. The van der Waals surface area contributed by atoms with E-state index >= 15 is 0 Å². The van der Waals surface area contributed by atoms with E-state index in [2.05, 4.69) is 51.2 Å². The van der Waals surface area contributed by atoms with Crippen LogP contribution in [0.15, 0.2) is 22.6 Å². The Kier molecular flexibility index (Phi) is 5.86. The zero-order valence-electron chi connectivity index (χ0n) is 14.0. The van der Waals surface area contributed by atoms with E-state index in [1.54, 1.807) is 0 Å². The normalized spacial score (nSPS) is 13.0. The van der Waals surface area contributed by atoms with Gasteiger partial charge in [-0.3, -0.25) is 0 Å². The Morgan fingerprint density at radius 3 is 2.62 bits per heavy atom. The molecule has 2 heteroatoms. The highest BCUT2D eigenvalue weighted by atomic mass is 16.3. The molecule has 116 valence electrons. The largest absolute Gasteiger partial charge is 0.459 e. The summed E-state index contributed by atoms with van der Waals surface area (Å²) in [7, 11) is 0. The average molecular weight is 287 g/mol. The van der Waals surface area contributed by atoms with E-state index in [0.717, 1.165) is 43.7 Å². The quantitative estimate of drug-likeness (QED) is 0.658. The topological polar surface area (TPSA) is 25.2 Å². The molecule has 2 nitrogen and oxygen atoms in total. The molecule has 0 saturated heterocycles. The lowest BCUT2D eigenvalue weighted by Gasteiger charge is -2.09. The first-order valence-corrected chi connectivity index (χ1v) is 8.46. The van der Waals surface area contributed by atoms with Crippen molar-refractivity contribution in [2.24, 2.45) is 0 Å². The third kappa shape index (κ3) is 3.68. The molecule has 2 aromatic rings. The molecule has 1 aromatic heterocycles. The van der Waals surface area contributed by atoms with Crippen LogP contribution < -0.4 is 5.32 Å². The molecule has 1 N–H and O–H groups in total. The number of nitrogens with one attached hydrogen (secondary N) is 1. The van der Waals surface area contributed by atoms with Crippen molar-refractivity contribution >= 4 is 11.0 Å². The average Bonchev–Trinajstić information content (AvgIpc) is 2.84. The summed E-state index contributed by atoms with van der Waals surface area (Å²) in [6, 6.07) is 6.72. The molecule has 2 rings (SSSR count). The molecule has 0 radical (unpaired) electrons. The fourth-order valence-corrected chi connectivity index (χ4v) is 2.80. The summed E-state index contributed by atoms with van der Waals surface area (Å²) in [5.41, 5.74) is 3.87. The molecule has 0 amide bonds. The second kappa shape index (κ2) is 7.65. The van der Waals surface area contributed by atoms with Crippen LogP contribution in [0.1, 0.15) is 69.8 Å². The highest BCUT2D eigenvalue weighted by Gasteiger charge is 2.14. The minimum absolute atomic E-state index is 0.612. The Morgan fingerprint density at radius 1 is 1.14 bits per heavy atom. The standard InChI is InChI=1S/C19H29NO/c1-5-8-16-17-12-15(14(4)7-3)9-10-18(17)21-19(16)13-20-11-6-2/h9-10,12,14,20H,5-8,11,13H2,1-4H3. The summed E-state index contributed by atoms with van der Waals surface area (Å²) in [5.74, 6) is 1.74. The SMILES string of the molecule is CCCNCc1oc2ccc(C(C)CC)cc2c1CCC. The summed E-state index contributed by atoms with van der Waals surface area (Å²) >= 11 is 0. The van der Waals surface area contributed by atoms with Crippen LogP contribution in [-0.2, 0) is 13.0 Å². The molecule has 1 unspecified atom stereocenters. The molecular formula is C19H29NO. The van der Waals surface area contributed by atoms with Crippen molar-refractivity contribution < 1.29 is 4.42 Å². The van der Waals surface area contributed by atoms with E-state index in [9.17, 15) is 0 Å². The number of hydrogen-bond donors (Lipinski definition) is 1. The van der Waals surface area contributed by atoms with Gasteiger partial charge in [0.1, 0.15) is 11.3 Å². The van der Waals surface area contributed by atoms with E-state index in [0.29, 0.717) is 5.92 Å². The zero-order valence-corrected chi connectivity index (χ0v) is 14.0. The van der Waals surface area contributed by atoms with Crippen LogP contribution >= 0.6 is 0 Å². The van der Waals surface area contributed by atoms with Gasteiger partial charge in [-0.2, -0.15) is 0 Å². The van der Waals surface area contributed by atoms with Gasteiger partial charge >= 0.3 is 0 Å². The number of benzene rings is 1. The second-order valence-corrected chi connectivity index (χ2v) is 6.00. The Hall–Kier alpha value is -1.28. The summed E-state index contributed by atoms with van der Waals surface area (Å²) in [6.45, 7) is 10.9. The van der Waals surface area contributed by atoms with Crippen molar-refractivity contribution in [3.05, 3.63) is 35.1 Å². The van der Waals surface area contributed by atoms with Crippen molar-refractivity contribution in [2.75, 3.05) is 6.54 Å². The van der Waals surface area contributed by atoms with Crippen LogP contribution in [0.25, 0.3) is 11.0 Å². The number of rotatable bonds is 8. The van der Waals surface area contributed by atoms with Gasteiger partial charge in [0.25, 0.3) is 0 Å². The van der Waals surface area contributed by atoms with Crippen LogP contribution in [0, 0.1) is 0 Å². The molecule has 0 fully saturated rings. The predicted octanol–water partition coefficient (Wildman–Crippen LogP) is 5.40. The van der Waals surface area contributed by atoms with E-state index in [4.69, 9.17) is 4.42 Å². The van der Waals surface area contributed by atoms with Crippen molar-refractivity contribution in [3.63, 3.8) is 0 Å². The van der Waals surface area contributed by atoms with Crippen LogP contribution in [0.3, 0.4) is 0 Å². The fraction of sp³-hybridized carbons (Fsp3) is 0.579. The first kappa shape index (κ1) is 16.1. The van der Waals surface area contributed by atoms with Gasteiger partial charge in [-0.25, -0.2) is 0 Å². The highest BCUT2D eigenvalue weighted by Crippen LogP contribution is 2.31. The molecule has 0 aliphatic carbocycles. The second-order valence-electron chi connectivity index (χ2n) is 6.00. The third-order valence-corrected chi connectivity index (χ3v) is 4.29. The number of hydrogen-bond acceptors (Lipinski definition) is 2. The van der Waals surface area contributed by atoms with Gasteiger partial charge in [0, 0.05) is 10.9 Å². The van der Waals surface area contributed by atoms with Crippen LogP contribution in [0.4, 0.5) is 0 Å². The maximum absolute atomic E-state index is 6.10. The van der Waals surface area contributed by atoms with Gasteiger partial charge in [0.2, 0.25) is 0 Å². The van der Waals surface area contributed by atoms with E-state index in [-0.39, 0.29) is 0 Å². The Balaban J connectivity index is 2.38. The van der Waals surface area contributed by atoms with E-state index < -0.39 is 0 Å².